The van der Waals surface area contributed by atoms with Crippen molar-refractivity contribution in [2.45, 2.75) is 45.6 Å². The van der Waals surface area contributed by atoms with Crippen molar-refractivity contribution < 1.29 is 9.53 Å². The molecule has 1 aliphatic rings. The van der Waals surface area contributed by atoms with Crippen molar-refractivity contribution in [2.24, 2.45) is 0 Å². The van der Waals surface area contributed by atoms with Crippen LogP contribution in [0.1, 0.15) is 39.5 Å². The molecule has 1 fully saturated rings. The second-order valence-corrected chi connectivity index (χ2v) is 5.44. The molecule has 0 aromatic heterocycles. The van der Waals surface area contributed by atoms with Crippen LogP contribution >= 0.6 is 0 Å². The fourth-order valence-electron chi connectivity index (χ4n) is 2.73. The summed E-state index contributed by atoms with van der Waals surface area (Å²) in [6, 6.07) is 8.06. The normalized spacial score (nSPS) is 17.7. The van der Waals surface area contributed by atoms with Crippen LogP contribution in [0.15, 0.2) is 24.3 Å². The number of carbonyl (C=O) groups excluding carboxylic acids is 1. The molecule has 0 spiro atoms. The SMILES string of the molecule is CCN(CC)c1ccc(NC(=O)CCC2CCCO2)cc1. The summed E-state index contributed by atoms with van der Waals surface area (Å²) < 4.78 is 5.53. The van der Waals surface area contributed by atoms with Crippen LogP contribution in [0.4, 0.5) is 11.4 Å². The quantitative estimate of drug-likeness (QED) is 0.836. The lowest BCUT2D eigenvalue weighted by Gasteiger charge is -2.21. The van der Waals surface area contributed by atoms with E-state index in [0.29, 0.717) is 6.42 Å². The second-order valence-electron chi connectivity index (χ2n) is 5.44. The van der Waals surface area contributed by atoms with E-state index in [1.165, 1.54) is 5.69 Å². The molecule has 0 bridgehead atoms. The highest BCUT2D eigenvalue weighted by atomic mass is 16.5. The van der Waals surface area contributed by atoms with Crippen molar-refractivity contribution in [3.63, 3.8) is 0 Å². The minimum absolute atomic E-state index is 0.0705. The molecule has 1 heterocycles. The van der Waals surface area contributed by atoms with Crippen molar-refractivity contribution in [1.82, 2.24) is 0 Å². The van der Waals surface area contributed by atoms with Crippen LogP contribution in [0.3, 0.4) is 0 Å². The molecule has 1 aromatic rings. The standard InChI is InChI=1S/C17H26N2O2/c1-3-19(4-2)15-9-7-14(8-10-15)18-17(20)12-11-16-6-5-13-21-16/h7-10,16H,3-6,11-13H2,1-2H3,(H,18,20). The first-order valence-corrected chi connectivity index (χ1v) is 7.99. The van der Waals surface area contributed by atoms with Gasteiger partial charge in [-0.15, -0.1) is 0 Å². The number of rotatable bonds is 7. The van der Waals surface area contributed by atoms with E-state index in [-0.39, 0.29) is 12.0 Å². The first kappa shape index (κ1) is 15.8. The van der Waals surface area contributed by atoms with Gasteiger partial charge in [0, 0.05) is 37.5 Å². The number of hydrogen-bond acceptors (Lipinski definition) is 3. The molecule has 116 valence electrons. The Labute approximate surface area is 127 Å². The largest absolute Gasteiger partial charge is 0.378 e. The van der Waals surface area contributed by atoms with Crippen molar-refractivity contribution in [2.75, 3.05) is 29.9 Å². The van der Waals surface area contributed by atoms with Crippen LogP contribution in [0.2, 0.25) is 0 Å². The van der Waals surface area contributed by atoms with Crippen molar-refractivity contribution in [3.8, 4) is 0 Å². The summed E-state index contributed by atoms with van der Waals surface area (Å²) in [4.78, 5) is 14.2. The minimum atomic E-state index is 0.0705. The molecular formula is C17H26N2O2. The first-order chi connectivity index (χ1) is 10.2. The predicted molar refractivity (Wildman–Crippen MR) is 86.8 cm³/mol. The maximum atomic E-state index is 11.9. The Bertz CT molecular complexity index is 435. The smallest absolute Gasteiger partial charge is 0.224 e. The maximum absolute atomic E-state index is 11.9. The van der Waals surface area contributed by atoms with Crippen LogP contribution < -0.4 is 10.2 Å². The molecule has 1 aromatic carbocycles. The highest BCUT2D eigenvalue weighted by Gasteiger charge is 2.16. The Morgan fingerprint density at radius 2 is 2.00 bits per heavy atom. The number of ether oxygens (including phenoxy) is 1. The van der Waals surface area contributed by atoms with Gasteiger partial charge in [-0.1, -0.05) is 0 Å². The topological polar surface area (TPSA) is 41.6 Å². The number of carbonyl (C=O) groups is 1. The summed E-state index contributed by atoms with van der Waals surface area (Å²) in [5, 5.41) is 2.96. The molecule has 4 nitrogen and oxygen atoms in total. The first-order valence-electron chi connectivity index (χ1n) is 7.99. The fraction of sp³-hybridized carbons (Fsp3) is 0.588. The molecular weight excluding hydrogens is 264 g/mol. The molecule has 1 saturated heterocycles. The van der Waals surface area contributed by atoms with E-state index in [4.69, 9.17) is 4.74 Å². The third kappa shape index (κ3) is 4.74. The van der Waals surface area contributed by atoms with Gasteiger partial charge in [-0.2, -0.15) is 0 Å². The predicted octanol–water partition coefficient (Wildman–Crippen LogP) is 3.43. The van der Waals surface area contributed by atoms with E-state index in [2.05, 4.69) is 36.2 Å². The number of hydrogen-bond donors (Lipinski definition) is 1. The van der Waals surface area contributed by atoms with E-state index in [0.717, 1.165) is 44.6 Å². The molecule has 1 atom stereocenters. The Hall–Kier alpha value is -1.55. The highest BCUT2D eigenvalue weighted by Crippen LogP contribution is 2.19. The van der Waals surface area contributed by atoms with Gasteiger partial charge < -0.3 is 15.0 Å². The zero-order valence-electron chi connectivity index (χ0n) is 13.1. The van der Waals surface area contributed by atoms with Crippen molar-refractivity contribution >= 4 is 17.3 Å². The fourth-order valence-corrected chi connectivity index (χ4v) is 2.73. The van der Waals surface area contributed by atoms with Gasteiger partial charge in [-0.05, 0) is 57.4 Å². The molecule has 0 aliphatic carbocycles. The second kappa shape index (κ2) is 8.03. The Balaban J connectivity index is 1.80. The van der Waals surface area contributed by atoms with Crippen molar-refractivity contribution in [1.29, 1.82) is 0 Å². The lowest BCUT2D eigenvalue weighted by molar-refractivity contribution is -0.116. The van der Waals surface area contributed by atoms with Gasteiger partial charge in [0.2, 0.25) is 5.91 Å². The van der Waals surface area contributed by atoms with E-state index < -0.39 is 0 Å². The molecule has 1 aliphatic heterocycles. The summed E-state index contributed by atoms with van der Waals surface area (Å²) in [5.41, 5.74) is 2.06. The molecule has 0 saturated carbocycles. The van der Waals surface area contributed by atoms with Crippen LogP contribution in [0.5, 0.6) is 0 Å². The van der Waals surface area contributed by atoms with Gasteiger partial charge in [0.15, 0.2) is 0 Å². The average Bonchev–Trinajstić information content (AvgIpc) is 3.01. The van der Waals surface area contributed by atoms with Gasteiger partial charge in [0.25, 0.3) is 0 Å². The monoisotopic (exact) mass is 290 g/mol. The van der Waals surface area contributed by atoms with Gasteiger partial charge >= 0.3 is 0 Å². The number of nitrogens with zero attached hydrogens (tertiary/aromatic N) is 1. The van der Waals surface area contributed by atoms with Gasteiger partial charge in [0.05, 0.1) is 6.10 Å². The molecule has 4 heteroatoms. The minimum Gasteiger partial charge on any atom is -0.378 e. The van der Waals surface area contributed by atoms with Gasteiger partial charge in [0.1, 0.15) is 0 Å². The van der Waals surface area contributed by atoms with E-state index in [1.54, 1.807) is 0 Å². The van der Waals surface area contributed by atoms with E-state index in [9.17, 15) is 4.79 Å². The number of anilines is 2. The van der Waals surface area contributed by atoms with Crippen LogP contribution in [0, 0.1) is 0 Å². The van der Waals surface area contributed by atoms with Crippen LogP contribution in [-0.2, 0) is 9.53 Å². The zero-order valence-corrected chi connectivity index (χ0v) is 13.1. The van der Waals surface area contributed by atoms with Crippen molar-refractivity contribution in [3.05, 3.63) is 24.3 Å². The maximum Gasteiger partial charge on any atom is 0.224 e. The lowest BCUT2D eigenvalue weighted by atomic mass is 10.1. The summed E-state index contributed by atoms with van der Waals surface area (Å²) in [6.45, 7) is 7.11. The molecule has 1 unspecified atom stereocenters. The summed E-state index contributed by atoms with van der Waals surface area (Å²) >= 11 is 0. The molecule has 1 N–H and O–H groups in total. The lowest BCUT2D eigenvalue weighted by Crippen LogP contribution is -2.21. The summed E-state index contributed by atoms with van der Waals surface area (Å²) in [5.74, 6) is 0.0705. The zero-order chi connectivity index (χ0) is 15.1. The third-order valence-corrected chi connectivity index (χ3v) is 4.00. The summed E-state index contributed by atoms with van der Waals surface area (Å²) in [7, 11) is 0. The van der Waals surface area contributed by atoms with Crippen LogP contribution in [-0.4, -0.2) is 31.7 Å². The molecule has 1 amide bonds. The molecule has 2 rings (SSSR count). The Morgan fingerprint density at radius 3 is 2.57 bits per heavy atom. The van der Waals surface area contributed by atoms with E-state index >= 15 is 0 Å². The third-order valence-electron chi connectivity index (χ3n) is 4.00. The van der Waals surface area contributed by atoms with E-state index in [1.807, 2.05) is 12.1 Å². The summed E-state index contributed by atoms with van der Waals surface area (Å²) in [6.07, 6.45) is 3.84. The Kier molecular flexibility index (Phi) is 6.05. The highest BCUT2D eigenvalue weighted by molar-refractivity contribution is 5.90. The Morgan fingerprint density at radius 1 is 1.29 bits per heavy atom. The number of amides is 1. The number of benzene rings is 1. The van der Waals surface area contributed by atoms with Gasteiger partial charge in [-0.25, -0.2) is 0 Å². The van der Waals surface area contributed by atoms with Crippen LogP contribution in [0.25, 0.3) is 0 Å². The number of nitrogens with one attached hydrogen (secondary N) is 1. The molecule has 21 heavy (non-hydrogen) atoms. The average molecular weight is 290 g/mol. The molecule has 0 radical (unpaired) electrons. The van der Waals surface area contributed by atoms with Gasteiger partial charge in [-0.3, -0.25) is 4.79 Å².